The second-order valence-corrected chi connectivity index (χ2v) is 4.79. The Morgan fingerprint density at radius 2 is 1.63 bits per heavy atom. The van der Waals surface area contributed by atoms with Crippen LogP contribution in [0.15, 0.2) is 0 Å². The summed E-state index contributed by atoms with van der Waals surface area (Å²) >= 11 is 0. The van der Waals surface area contributed by atoms with E-state index in [4.69, 9.17) is 4.74 Å². The summed E-state index contributed by atoms with van der Waals surface area (Å²) in [5, 5.41) is 2.90. The quantitative estimate of drug-likeness (QED) is 0.570. The van der Waals surface area contributed by atoms with Crippen LogP contribution in [0.5, 0.6) is 0 Å². The number of nitrogens with one attached hydrogen (secondary N) is 1. The third-order valence-corrected chi connectivity index (χ3v) is 2.57. The smallest absolute Gasteiger partial charge is 0.219 e. The molecule has 0 spiro atoms. The lowest BCUT2D eigenvalue weighted by molar-refractivity contribution is -0.121. The summed E-state index contributed by atoms with van der Waals surface area (Å²) in [6.07, 6.45) is 7.77. The topological polar surface area (TPSA) is 38.3 Å². The zero-order valence-corrected chi connectivity index (χ0v) is 13.8. The lowest BCUT2D eigenvalue weighted by Gasteiger charge is -2.07. The van der Waals surface area contributed by atoms with Crippen molar-refractivity contribution in [3.63, 3.8) is 0 Å². The zero-order valence-electron chi connectivity index (χ0n) is 13.8. The van der Waals surface area contributed by atoms with Crippen LogP contribution in [0.25, 0.3) is 0 Å². The third-order valence-electron chi connectivity index (χ3n) is 2.57. The summed E-state index contributed by atoms with van der Waals surface area (Å²) in [5.74, 6) is 0.204. The molecule has 3 heteroatoms. The van der Waals surface area contributed by atoms with Gasteiger partial charge in [0, 0.05) is 19.6 Å². The van der Waals surface area contributed by atoms with Crippen LogP contribution in [0.4, 0.5) is 0 Å². The Morgan fingerprint density at radius 1 is 1.05 bits per heavy atom. The molecule has 3 nitrogen and oxygen atoms in total. The molecule has 0 aliphatic rings. The predicted molar refractivity (Wildman–Crippen MR) is 83.4 cm³/mol. The van der Waals surface area contributed by atoms with Crippen molar-refractivity contribution in [2.45, 2.75) is 85.7 Å². The third kappa shape index (κ3) is 19.9. The molecule has 1 N–H and O–H groups in total. The first kappa shape index (κ1) is 20.7. The van der Waals surface area contributed by atoms with E-state index in [1.54, 1.807) is 0 Å². The predicted octanol–water partition coefficient (Wildman–Crippen LogP) is 4.30. The van der Waals surface area contributed by atoms with E-state index in [1.807, 2.05) is 13.8 Å². The number of carbonyl (C=O) groups is 1. The van der Waals surface area contributed by atoms with E-state index in [1.165, 1.54) is 12.8 Å². The summed E-state index contributed by atoms with van der Waals surface area (Å²) in [5.41, 5.74) is 0. The van der Waals surface area contributed by atoms with Gasteiger partial charge in [-0.3, -0.25) is 4.79 Å². The minimum absolute atomic E-state index is 0.204. The molecule has 1 amide bonds. The molecule has 0 aromatic heterocycles. The first-order chi connectivity index (χ1) is 9.16. The van der Waals surface area contributed by atoms with Gasteiger partial charge in [0.1, 0.15) is 0 Å². The summed E-state index contributed by atoms with van der Waals surface area (Å²) in [6, 6.07) is 0. The van der Waals surface area contributed by atoms with Crippen LogP contribution in [-0.2, 0) is 9.53 Å². The van der Waals surface area contributed by atoms with Crippen LogP contribution in [0.2, 0.25) is 0 Å². The highest BCUT2D eigenvalue weighted by atomic mass is 16.5. The molecule has 0 fully saturated rings. The minimum atomic E-state index is 0.204. The Kier molecular flexibility index (Phi) is 19.0. The van der Waals surface area contributed by atoms with E-state index in [0.29, 0.717) is 12.5 Å². The average Bonchev–Trinajstić information content (AvgIpc) is 2.41. The molecule has 0 saturated heterocycles. The van der Waals surface area contributed by atoms with Crippen molar-refractivity contribution in [2.75, 3.05) is 13.2 Å². The van der Waals surface area contributed by atoms with Gasteiger partial charge in [0.15, 0.2) is 0 Å². The summed E-state index contributed by atoms with van der Waals surface area (Å²) in [7, 11) is 0. The molecule has 0 saturated carbocycles. The number of hydrogen-bond donors (Lipinski definition) is 1. The van der Waals surface area contributed by atoms with Crippen molar-refractivity contribution in [3.05, 3.63) is 0 Å². The van der Waals surface area contributed by atoms with E-state index < -0.39 is 0 Å². The van der Waals surface area contributed by atoms with Gasteiger partial charge in [0.05, 0.1) is 6.10 Å². The SMILES string of the molecule is CC.CCCNC(=O)CCCCCCCOC(C)C. The van der Waals surface area contributed by atoms with Crippen LogP contribution >= 0.6 is 0 Å². The van der Waals surface area contributed by atoms with E-state index in [0.717, 1.165) is 38.8 Å². The van der Waals surface area contributed by atoms with Crippen molar-refractivity contribution >= 4 is 5.91 Å². The number of rotatable bonds is 11. The molecule has 0 unspecified atom stereocenters. The largest absolute Gasteiger partial charge is 0.379 e. The maximum atomic E-state index is 11.3. The first-order valence-electron chi connectivity index (χ1n) is 8.05. The Balaban J connectivity index is 0. The zero-order chi connectivity index (χ0) is 14.9. The van der Waals surface area contributed by atoms with Crippen molar-refractivity contribution in [1.82, 2.24) is 5.32 Å². The summed E-state index contributed by atoms with van der Waals surface area (Å²) in [6.45, 7) is 11.9. The fourth-order valence-electron chi connectivity index (χ4n) is 1.59. The number of hydrogen-bond acceptors (Lipinski definition) is 2. The maximum absolute atomic E-state index is 11.3. The maximum Gasteiger partial charge on any atom is 0.219 e. The van der Waals surface area contributed by atoms with E-state index >= 15 is 0 Å². The van der Waals surface area contributed by atoms with Crippen molar-refractivity contribution in [2.24, 2.45) is 0 Å². The normalized spacial score (nSPS) is 10.0. The lowest BCUT2D eigenvalue weighted by atomic mass is 10.1. The fraction of sp³-hybridized carbons (Fsp3) is 0.938. The second-order valence-electron chi connectivity index (χ2n) is 4.79. The summed E-state index contributed by atoms with van der Waals surface area (Å²) < 4.78 is 5.47. The summed E-state index contributed by atoms with van der Waals surface area (Å²) in [4.78, 5) is 11.3. The molecular formula is C16H35NO2. The van der Waals surface area contributed by atoms with Gasteiger partial charge in [0.25, 0.3) is 0 Å². The van der Waals surface area contributed by atoms with Gasteiger partial charge in [0.2, 0.25) is 5.91 Å². The minimum Gasteiger partial charge on any atom is -0.379 e. The van der Waals surface area contributed by atoms with Crippen LogP contribution in [0, 0.1) is 0 Å². The van der Waals surface area contributed by atoms with Gasteiger partial charge in [-0.2, -0.15) is 0 Å². The molecule has 0 aromatic rings. The Labute approximate surface area is 120 Å². The number of ether oxygens (including phenoxy) is 1. The highest BCUT2D eigenvalue weighted by Gasteiger charge is 1.99. The van der Waals surface area contributed by atoms with Gasteiger partial charge < -0.3 is 10.1 Å². The first-order valence-corrected chi connectivity index (χ1v) is 8.05. The second kappa shape index (κ2) is 17.4. The van der Waals surface area contributed by atoms with Gasteiger partial charge >= 0.3 is 0 Å². The molecule has 0 rings (SSSR count). The van der Waals surface area contributed by atoms with Gasteiger partial charge in [-0.05, 0) is 33.1 Å². The molecule has 0 atom stereocenters. The molecule has 0 radical (unpaired) electrons. The molecule has 0 bridgehead atoms. The average molecular weight is 273 g/mol. The van der Waals surface area contributed by atoms with Crippen LogP contribution in [-0.4, -0.2) is 25.2 Å². The van der Waals surface area contributed by atoms with E-state index in [9.17, 15) is 4.79 Å². The van der Waals surface area contributed by atoms with Gasteiger partial charge in [-0.15, -0.1) is 0 Å². The highest BCUT2D eigenvalue weighted by molar-refractivity contribution is 5.75. The molecule has 0 aromatic carbocycles. The molecule has 116 valence electrons. The van der Waals surface area contributed by atoms with Crippen molar-refractivity contribution < 1.29 is 9.53 Å². The monoisotopic (exact) mass is 273 g/mol. The Morgan fingerprint density at radius 3 is 2.21 bits per heavy atom. The highest BCUT2D eigenvalue weighted by Crippen LogP contribution is 2.06. The Bertz CT molecular complexity index is 182. The van der Waals surface area contributed by atoms with Crippen LogP contribution in [0.3, 0.4) is 0 Å². The Hall–Kier alpha value is -0.570. The van der Waals surface area contributed by atoms with E-state index in [-0.39, 0.29) is 5.91 Å². The van der Waals surface area contributed by atoms with Gasteiger partial charge in [-0.1, -0.05) is 40.0 Å². The van der Waals surface area contributed by atoms with Crippen molar-refractivity contribution in [1.29, 1.82) is 0 Å². The lowest BCUT2D eigenvalue weighted by Crippen LogP contribution is -2.23. The molecule has 19 heavy (non-hydrogen) atoms. The van der Waals surface area contributed by atoms with Crippen LogP contribution in [0.1, 0.15) is 79.6 Å². The molecular weight excluding hydrogens is 238 g/mol. The fourth-order valence-corrected chi connectivity index (χ4v) is 1.59. The van der Waals surface area contributed by atoms with Crippen LogP contribution < -0.4 is 5.32 Å². The van der Waals surface area contributed by atoms with Gasteiger partial charge in [-0.25, -0.2) is 0 Å². The number of carbonyl (C=O) groups excluding carboxylic acids is 1. The standard InChI is InChI=1S/C14H29NO2.C2H6/c1-4-11-15-14(16)10-8-6-5-7-9-12-17-13(2)3;1-2/h13H,4-12H2,1-3H3,(H,15,16);1-2H3. The molecule has 0 heterocycles. The number of unbranched alkanes of at least 4 members (excludes halogenated alkanes) is 4. The number of amides is 1. The van der Waals surface area contributed by atoms with E-state index in [2.05, 4.69) is 26.1 Å². The molecule has 0 aliphatic heterocycles. The molecule has 0 aliphatic carbocycles. The van der Waals surface area contributed by atoms with Crippen molar-refractivity contribution in [3.8, 4) is 0 Å².